The maximum absolute atomic E-state index is 12.0. The summed E-state index contributed by atoms with van der Waals surface area (Å²) in [6.45, 7) is 2.39. The number of nitrogens with one attached hydrogen (secondary N) is 4. The zero-order valence-corrected chi connectivity index (χ0v) is 12.6. The van der Waals surface area contributed by atoms with Crippen LogP contribution in [0.3, 0.4) is 0 Å². The second kappa shape index (κ2) is 8.25. The highest BCUT2D eigenvalue weighted by molar-refractivity contribution is 5.88. The average molecular weight is 337 g/mol. The van der Waals surface area contributed by atoms with Gasteiger partial charge in [0.05, 0.1) is 0 Å². The van der Waals surface area contributed by atoms with E-state index in [1.165, 1.54) is 6.07 Å². The van der Waals surface area contributed by atoms with Gasteiger partial charge in [0.15, 0.2) is 5.82 Å². The standard InChI is InChI=1S/C12H18F3N5O3/c1-3-16-10(21)19-9-5-8(23-20-9)4-7(2)18-11(22)17-6-12(13,14)15/h5,7H,3-4,6H2,1-2H3,(H2,17,18,22)(H2,16,19,20,21). The summed E-state index contributed by atoms with van der Waals surface area (Å²) in [6, 6.07) is -0.408. The van der Waals surface area contributed by atoms with Gasteiger partial charge in [-0.1, -0.05) is 5.16 Å². The Balaban J connectivity index is 2.39. The van der Waals surface area contributed by atoms with Crippen LogP contribution in [0.25, 0.3) is 0 Å². The normalized spacial score (nSPS) is 12.4. The zero-order chi connectivity index (χ0) is 17.5. The Labute approximate surface area is 130 Å². The fourth-order valence-electron chi connectivity index (χ4n) is 1.60. The van der Waals surface area contributed by atoms with E-state index < -0.39 is 30.8 Å². The molecule has 0 aliphatic carbocycles. The van der Waals surface area contributed by atoms with E-state index in [4.69, 9.17) is 4.52 Å². The molecule has 1 atom stereocenters. The van der Waals surface area contributed by atoms with Gasteiger partial charge in [0.2, 0.25) is 0 Å². The van der Waals surface area contributed by atoms with Gasteiger partial charge in [0, 0.05) is 25.1 Å². The fraction of sp³-hybridized carbons (Fsp3) is 0.583. The molecular weight excluding hydrogens is 319 g/mol. The Bertz CT molecular complexity index is 532. The molecular formula is C12H18F3N5O3. The minimum atomic E-state index is -4.47. The third kappa shape index (κ3) is 7.93. The molecule has 0 radical (unpaired) electrons. The fourth-order valence-corrected chi connectivity index (χ4v) is 1.60. The number of halogens is 3. The van der Waals surface area contributed by atoms with Crippen molar-refractivity contribution in [1.82, 2.24) is 21.1 Å². The molecule has 1 rings (SSSR count). The van der Waals surface area contributed by atoms with Crippen molar-refractivity contribution in [3.63, 3.8) is 0 Å². The van der Waals surface area contributed by atoms with Gasteiger partial charge in [-0.2, -0.15) is 13.2 Å². The van der Waals surface area contributed by atoms with Crippen molar-refractivity contribution in [1.29, 1.82) is 0 Å². The number of hydrogen-bond acceptors (Lipinski definition) is 4. The van der Waals surface area contributed by atoms with Crippen molar-refractivity contribution in [2.24, 2.45) is 0 Å². The van der Waals surface area contributed by atoms with Gasteiger partial charge in [-0.25, -0.2) is 9.59 Å². The van der Waals surface area contributed by atoms with Crippen molar-refractivity contribution in [3.05, 3.63) is 11.8 Å². The lowest BCUT2D eigenvalue weighted by molar-refractivity contribution is -0.122. The lowest BCUT2D eigenvalue weighted by Gasteiger charge is -2.14. The highest BCUT2D eigenvalue weighted by Gasteiger charge is 2.27. The Kier molecular flexibility index (Phi) is 6.66. The van der Waals surface area contributed by atoms with Crippen LogP contribution in [0.15, 0.2) is 10.6 Å². The molecule has 0 fully saturated rings. The van der Waals surface area contributed by atoms with Crippen molar-refractivity contribution in [2.75, 3.05) is 18.4 Å². The largest absolute Gasteiger partial charge is 0.405 e. The van der Waals surface area contributed by atoms with Crippen LogP contribution in [0, 0.1) is 0 Å². The summed E-state index contributed by atoms with van der Waals surface area (Å²) in [5.74, 6) is 0.556. The van der Waals surface area contributed by atoms with E-state index in [2.05, 4.69) is 21.1 Å². The molecule has 0 aliphatic heterocycles. The first-order valence-corrected chi connectivity index (χ1v) is 6.81. The van der Waals surface area contributed by atoms with Gasteiger partial charge in [0.1, 0.15) is 12.3 Å². The van der Waals surface area contributed by atoms with Crippen LogP contribution in [0.4, 0.5) is 28.6 Å². The number of hydrogen-bond donors (Lipinski definition) is 4. The Hall–Kier alpha value is -2.46. The maximum atomic E-state index is 12.0. The van der Waals surface area contributed by atoms with Crippen LogP contribution >= 0.6 is 0 Å². The van der Waals surface area contributed by atoms with Crippen LogP contribution in [0.2, 0.25) is 0 Å². The number of anilines is 1. The van der Waals surface area contributed by atoms with E-state index >= 15 is 0 Å². The van der Waals surface area contributed by atoms with Gasteiger partial charge in [-0.05, 0) is 13.8 Å². The Morgan fingerprint density at radius 3 is 2.61 bits per heavy atom. The molecule has 4 N–H and O–H groups in total. The molecule has 23 heavy (non-hydrogen) atoms. The SMILES string of the molecule is CCNC(=O)Nc1cc(CC(C)NC(=O)NCC(F)(F)F)on1. The molecule has 0 saturated carbocycles. The molecule has 1 unspecified atom stereocenters. The molecule has 0 bridgehead atoms. The predicted octanol–water partition coefficient (Wildman–Crippen LogP) is 1.61. The van der Waals surface area contributed by atoms with Crippen LogP contribution < -0.4 is 21.3 Å². The van der Waals surface area contributed by atoms with E-state index in [0.29, 0.717) is 12.3 Å². The number of alkyl halides is 3. The van der Waals surface area contributed by atoms with Gasteiger partial charge < -0.3 is 20.5 Å². The highest BCUT2D eigenvalue weighted by Crippen LogP contribution is 2.12. The maximum Gasteiger partial charge on any atom is 0.405 e. The Morgan fingerprint density at radius 1 is 1.30 bits per heavy atom. The summed E-state index contributed by atoms with van der Waals surface area (Å²) in [5.41, 5.74) is 0. The number of amides is 4. The lowest BCUT2D eigenvalue weighted by Crippen LogP contribution is -2.44. The summed E-state index contributed by atoms with van der Waals surface area (Å²) in [4.78, 5) is 22.6. The molecule has 8 nitrogen and oxygen atoms in total. The molecule has 1 aromatic rings. The van der Waals surface area contributed by atoms with Crippen molar-refractivity contribution >= 4 is 17.9 Å². The van der Waals surface area contributed by atoms with E-state index in [1.807, 2.05) is 0 Å². The van der Waals surface area contributed by atoms with E-state index in [0.717, 1.165) is 0 Å². The molecule has 1 aromatic heterocycles. The number of rotatable bonds is 6. The van der Waals surface area contributed by atoms with Gasteiger partial charge in [-0.3, -0.25) is 5.32 Å². The van der Waals surface area contributed by atoms with Gasteiger partial charge in [-0.15, -0.1) is 0 Å². The molecule has 0 spiro atoms. The number of carbonyl (C=O) groups excluding carboxylic acids is 2. The summed E-state index contributed by atoms with van der Waals surface area (Å²) >= 11 is 0. The molecule has 1 heterocycles. The number of nitrogens with zero attached hydrogens (tertiary/aromatic N) is 1. The summed E-state index contributed by atoms with van der Waals surface area (Å²) in [5, 5.41) is 12.6. The first-order valence-electron chi connectivity index (χ1n) is 6.81. The summed E-state index contributed by atoms with van der Waals surface area (Å²) in [7, 11) is 0. The smallest absolute Gasteiger partial charge is 0.359 e. The zero-order valence-electron chi connectivity index (χ0n) is 12.6. The minimum Gasteiger partial charge on any atom is -0.359 e. The van der Waals surface area contributed by atoms with E-state index in [-0.39, 0.29) is 12.2 Å². The molecule has 130 valence electrons. The first-order chi connectivity index (χ1) is 10.7. The van der Waals surface area contributed by atoms with Crippen molar-refractivity contribution < 1.29 is 27.3 Å². The summed E-state index contributed by atoms with van der Waals surface area (Å²) < 4.78 is 40.8. The number of aromatic nitrogens is 1. The first kappa shape index (κ1) is 18.6. The van der Waals surface area contributed by atoms with E-state index in [1.54, 1.807) is 19.2 Å². The molecule has 11 heteroatoms. The van der Waals surface area contributed by atoms with E-state index in [9.17, 15) is 22.8 Å². The predicted molar refractivity (Wildman–Crippen MR) is 75.0 cm³/mol. The minimum absolute atomic E-state index is 0.194. The molecule has 4 amide bonds. The van der Waals surface area contributed by atoms with Crippen LogP contribution in [0.1, 0.15) is 19.6 Å². The number of carbonyl (C=O) groups is 2. The second-order valence-corrected chi connectivity index (χ2v) is 4.71. The van der Waals surface area contributed by atoms with Crippen LogP contribution in [0.5, 0.6) is 0 Å². The number of urea groups is 2. The lowest BCUT2D eigenvalue weighted by atomic mass is 10.2. The van der Waals surface area contributed by atoms with Gasteiger partial charge >= 0.3 is 18.2 Å². The van der Waals surface area contributed by atoms with Crippen LogP contribution in [-0.4, -0.2) is 42.5 Å². The molecule has 0 saturated heterocycles. The van der Waals surface area contributed by atoms with Crippen molar-refractivity contribution in [2.45, 2.75) is 32.5 Å². The molecule has 0 aliphatic rings. The van der Waals surface area contributed by atoms with Gasteiger partial charge in [0.25, 0.3) is 0 Å². The molecule has 0 aromatic carbocycles. The topological polar surface area (TPSA) is 108 Å². The van der Waals surface area contributed by atoms with Crippen LogP contribution in [-0.2, 0) is 6.42 Å². The third-order valence-corrected chi connectivity index (χ3v) is 2.47. The monoisotopic (exact) mass is 337 g/mol. The Morgan fingerprint density at radius 2 is 2.00 bits per heavy atom. The average Bonchev–Trinajstić information content (AvgIpc) is 2.82. The third-order valence-electron chi connectivity index (χ3n) is 2.47. The highest BCUT2D eigenvalue weighted by atomic mass is 19.4. The summed E-state index contributed by atoms with van der Waals surface area (Å²) in [6.07, 6.45) is -4.27. The quantitative estimate of drug-likeness (QED) is 0.632. The van der Waals surface area contributed by atoms with Crippen molar-refractivity contribution in [3.8, 4) is 0 Å². The second-order valence-electron chi connectivity index (χ2n) is 4.71.